The molecule has 0 aliphatic rings. The average molecular weight is 939 g/mol. The molecule has 2 atom stereocenters. The maximum absolute atomic E-state index is 12.8. The van der Waals surface area contributed by atoms with Crippen molar-refractivity contribution >= 4 is 35.4 Å². The fourth-order valence-corrected chi connectivity index (χ4v) is 6.79. The Bertz CT molecular complexity index is 1430. The summed E-state index contributed by atoms with van der Waals surface area (Å²) in [7, 11) is 0. The van der Waals surface area contributed by atoms with Gasteiger partial charge in [-0.1, -0.05) is 96.8 Å². The van der Waals surface area contributed by atoms with Crippen LogP contribution in [0.15, 0.2) is 12.5 Å². The highest BCUT2D eigenvalue weighted by atomic mass is 16.5. The number of carbonyl (C=O) groups excluding carboxylic acids is 5. The van der Waals surface area contributed by atoms with Crippen LogP contribution < -0.4 is 32.3 Å². The number of ketones is 1. The van der Waals surface area contributed by atoms with Crippen LogP contribution in [0.2, 0.25) is 0 Å². The summed E-state index contributed by atoms with van der Waals surface area (Å²) in [5.41, 5.74) is 5.36. The molecule has 0 saturated carbocycles. The number of ether oxygens (including phenoxy) is 4. The number of imidazole rings is 1. The first-order valence-corrected chi connectivity index (χ1v) is 24.5. The van der Waals surface area contributed by atoms with Crippen LogP contribution in [0.4, 0.5) is 0 Å². The summed E-state index contributed by atoms with van der Waals surface area (Å²) in [5, 5.41) is 23.3. The molecule has 9 N–H and O–H groups in total. The molecule has 0 unspecified atom stereocenters. The number of nitrogens with one attached hydrogen (secondary N) is 6. The van der Waals surface area contributed by atoms with Gasteiger partial charge < -0.3 is 56.0 Å². The smallest absolute Gasteiger partial charge is 0.320 e. The lowest BCUT2D eigenvalue weighted by atomic mass is 9.97. The van der Waals surface area contributed by atoms with Gasteiger partial charge >= 0.3 is 5.97 Å². The summed E-state index contributed by atoms with van der Waals surface area (Å²) >= 11 is 0. The third-order valence-corrected chi connectivity index (χ3v) is 10.9. The Morgan fingerprint density at radius 1 is 0.667 bits per heavy atom. The number of amides is 4. The normalized spacial score (nSPS) is 12.4. The second kappa shape index (κ2) is 40.1. The van der Waals surface area contributed by atoms with Crippen LogP contribution in [0, 0.1) is 0 Å². The van der Waals surface area contributed by atoms with Gasteiger partial charge in [0.2, 0.25) is 23.6 Å². The van der Waals surface area contributed by atoms with Crippen molar-refractivity contribution in [1.82, 2.24) is 36.6 Å². The van der Waals surface area contributed by atoms with Crippen LogP contribution in [0.5, 0.6) is 0 Å². The molecule has 19 heteroatoms. The van der Waals surface area contributed by atoms with E-state index in [-0.39, 0.29) is 83.3 Å². The lowest BCUT2D eigenvalue weighted by Gasteiger charge is -2.27. The molecule has 0 fully saturated rings. The van der Waals surface area contributed by atoms with Crippen molar-refractivity contribution in [3.05, 3.63) is 18.2 Å². The summed E-state index contributed by atoms with van der Waals surface area (Å²) in [6, 6.07) is -1.90. The molecule has 1 heterocycles. The van der Waals surface area contributed by atoms with E-state index in [0.717, 1.165) is 12.8 Å². The van der Waals surface area contributed by atoms with Crippen LogP contribution in [-0.4, -0.2) is 147 Å². The van der Waals surface area contributed by atoms with Crippen molar-refractivity contribution in [3.8, 4) is 0 Å². The fourth-order valence-electron chi connectivity index (χ4n) is 6.79. The molecule has 0 aromatic carbocycles. The number of carboxylic acid groups (broad SMARTS) is 1. The largest absolute Gasteiger partial charge is 0.480 e. The van der Waals surface area contributed by atoms with Crippen LogP contribution in [0.1, 0.15) is 148 Å². The first-order valence-electron chi connectivity index (χ1n) is 24.5. The van der Waals surface area contributed by atoms with Gasteiger partial charge in [0.05, 0.1) is 64.1 Å². The Balaban J connectivity index is 1.91. The monoisotopic (exact) mass is 939 g/mol. The molecule has 1 rings (SSSR count). The molecule has 66 heavy (non-hydrogen) atoms. The Labute approximate surface area is 393 Å². The summed E-state index contributed by atoms with van der Waals surface area (Å²) in [4.78, 5) is 80.0. The standard InChI is InChI=1S/C47H86N8O11/c1-4-5-6-7-8-9-10-11-12-13-14-15-16-17-18-22-42(57)51-24-26-63-28-31-66-36-44(59)52-25-27-64-29-30-65-35-43(58)50-23-20-19-21-40(46(61)62)53-34-41(56)47(2,3)55-45(60)39(48)32-38-33-49-37-54-38/h33,37,39-40,53H,4-32,34-36,48H2,1-3H3,(H,49,54)(H,50,58)(H,51,57)(H,52,59)(H,55,60)(H,61,62)/t39-,40-/m0/s1. The molecule has 4 amide bonds. The van der Waals surface area contributed by atoms with E-state index < -0.39 is 35.3 Å². The van der Waals surface area contributed by atoms with E-state index >= 15 is 0 Å². The Morgan fingerprint density at radius 3 is 1.68 bits per heavy atom. The SMILES string of the molecule is CCCCCCCCCCCCCCCCCC(=O)NCCOCCOCC(=O)NCCOCCOCC(=O)NCCCC[C@H](NCC(=O)C(C)(C)NC(=O)[C@@H](N)Cc1cnc[nH]1)C(=O)O. The molecule has 0 spiro atoms. The van der Waals surface area contributed by atoms with Crippen molar-refractivity contribution in [2.45, 2.75) is 167 Å². The maximum atomic E-state index is 12.8. The number of carboxylic acids is 1. The highest BCUT2D eigenvalue weighted by Gasteiger charge is 2.32. The summed E-state index contributed by atoms with van der Waals surface area (Å²) < 4.78 is 21.5. The van der Waals surface area contributed by atoms with E-state index in [4.69, 9.17) is 24.7 Å². The zero-order valence-electron chi connectivity index (χ0n) is 40.5. The van der Waals surface area contributed by atoms with E-state index in [2.05, 4.69) is 43.5 Å². The number of aromatic amines is 1. The van der Waals surface area contributed by atoms with Gasteiger partial charge in [0.25, 0.3) is 0 Å². The van der Waals surface area contributed by atoms with Gasteiger partial charge in [0.15, 0.2) is 5.78 Å². The van der Waals surface area contributed by atoms with Gasteiger partial charge in [-0.05, 0) is 39.5 Å². The number of aliphatic carboxylic acids is 1. The minimum absolute atomic E-state index is 0.0519. The lowest BCUT2D eigenvalue weighted by Crippen LogP contribution is -2.57. The summed E-state index contributed by atoms with van der Waals surface area (Å²) in [6.45, 7) is 7.42. The van der Waals surface area contributed by atoms with Crippen molar-refractivity contribution in [2.24, 2.45) is 5.73 Å². The first-order chi connectivity index (χ1) is 31.9. The number of hydrogen-bond donors (Lipinski definition) is 8. The number of nitrogens with zero attached hydrogens (tertiary/aromatic N) is 1. The van der Waals surface area contributed by atoms with Crippen molar-refractivity contribution in [2.75, 3.05) is 79.0 Å². The highest BCUT2D eigenvalue weighted by molar-refractivity contribution is 5.95. The van der Waals surface area contributed by atoms with Crippen molar-refractivity contribution < 1.29 is 52.8 Å². The van der Waals surface area contributed by atoms with Crippen LogP contribution in [0.3, 0.4) is 0 Å². The Morgan fingerprint density at radius 2 is 1.17 bits per heavy atom. The highest BCUT2D eigenvalue weighted by Crippen LogP contribution is 2.14. The third kappa shape index (κ3) is 34.3. The molecular formula is C47H86N8O11. The van der Waals surface area contributed by atoms with Gasteiger partial charge in [-0.2, -0.15) is 0 Å². The van der Waals surface area contributed by atoms with E-state index in [1.54, 1.807) is 6.20 Å². The Kier molecular flexibility index (Phi) is 36.5. The molecule has 1 aromatic rings. The van der Waals surface area contributed by atoms with Gasteiger partial charge in [-0.25, -0.2) is 4.98 Å². The van der Waals surface area contributed by atoms with Crippen molar-refractivity contribution in [1.29, 1.82) is 0 Å². The molecule has 19 nitrogen and oxygen atoms in total. The zero-order chi connectivity index (χ0) is 48.5. The van der Waals surface area contributed by atoms with Gasteiger partial charge in [-0.15, -0.1) is 0 Å². The number of aromatic nitrogens is 2. The van der Waals surface area contributed by atoms with Crippen LogP contribution in [0.25, 0.3) is 0 Å². The number of hydrogen-bond acceptors (Lipinski definition) is 13. The Hall–Kier alpha value is -4.01. The van der Waals surface area contributed by atoms with E-state index in [1.807, 2.05) is 0 Å². The van der Waals surface area contributed by atoms with E-state index in [0.29, 0.717) is 51.3 Å². The zero-order valence-corrected chi connectivity index (χ0v) is 40.5. The van der Waals surface area contributed by atoms with E-state index in [1.165, 1.54) is 104 Å². The van der Waals surface area contributed by atoms with Gasteiger partial charge in [0.1, 0.15) is 19.3 Å². The van der Waals surface area contributed by atoms with Crippen LogP contribution in [-0.2, 0) is 54.1 Å². The predicted molar refractivity (Wildman–Crippen MR) is 253 cm³/mol. The number of nitrogens with two attached hydrogens (primary N) is 1. The third-order valence-electron chi connectivity index (χ3n) is 10.9. The molecule has 380 valence electrons. The topological polar surface area (TPSA) is 274 Å². The van der Waals surface area contributed by atoms with Gasteiger partial charge in [-0.3, -0.25) is 34.1 Å². The number of H-pyrrole nitrogens is 1. The number of rotatable bonds is 46. The predicted octanol–water partition coefficient (Wildman–Crippen LogP) is 3.63. The molecule has 0 bridgehead atoms. The van der Waals surface area contributed by atoms with Crippen molar-refractivity contribution in [3.63, 3.8) is 0 Å². The number of unbranched alkanes of at least 4 members (excludes halogenated alkanes) is 15. The number of carbonyl (C=O) groups is 6. The molecule has 0 aliphatic heterocycles. The summed E-state index contributed by atoms with van der Waals surface area (Å²) in [5.74, 6) is -2.60. The minimum atomic E-state index is -1.28. The lowest BCUT2D eigenvalue weighted by molar-refractivity contribution is -0.140. The summed E-state index contributed by atoms with van der Waals surface area (Å²) in [6.07, 6.45) is 24.5. The molecular weight excluding hydrogens is 853 g/mol. The van der Waals surface area contributed by atoms with Crippen LogP contribution >= 0.6 is 0 Å². The molecule has 1 aromatic heterocycles. The molecule has 0 aliphatic carbocycles. The maximum Gasteiger partial charge on any atom is 0.320 e. The molecule has 0 saturated heterocycles. The van der Waals surface area contributed by atoms with Gasteiger partial charge in [0, 0.05) is 44.4 Å². The second-order valence-corrected chi connectivity index (χ2v) is 17.3. The average Bonchev–Trinajstić information content (AvgIpc) is 3.80. The number of Topliss-reactive ketones (excluding diaryl/α,β-unsaturated/α-hetero) is 1. The fraction of sp³-hybridized carbons (Fsp3) is 0.809. The quantitative estimate of drug-likeness (QED) is 0.0434. The first kappa shape index (κ1) is 60.0. The second-order valence-electron chi connectivity index (χ2n) is 17.3. The minimum Gasteiger partial charge on any atom is -0.480 e. The molecule has 0 radical (unpaired) electrons. The van der Waals surface area contributed by atoms with E-state index in [9.17, 15) is 33.9 Å².